The van der Waals surface area contributed by atoms with E-state index in [4.69, 9.17) is 0 Å². The van der Waals surface area contributed by atoms with Gasteiger partial charge in [-0.3, -0.25) is 0 Å². The topological polar surface area (TPSA) is 0 Å². The third kappa shape index (κ3) is 5.64. The highest BCUT2D eigenvalue weighted by Gasteiger charge is 2.46. The molecule has 0 amide bonds. The van der Waals surface area contributed by atoms with Crippen LogP contribution in [0.1, 0.15) is 23.1 Å². The fourth-order valence-electron chi connectivity index (χ4n) is 3.54. The number of allylic oxidation sites excluding steroid dienone is 4. The van der Waals surface area contributed by atoms with Crippen LogP contribution in [-0.4, -0.2) is 12.4 Å². The summed E-state index contributed by atoms with van der Waals surface area (Å²) in [5.41, 5.74) is -9.01. The van der Waals surface area contributed by atoms with E-state index in [2.05, 4.69) is 0 Å². The summed E-state index contributed by atoms with van der Waals surface area (Å²) in [6.45, 7) is 0. The molecule has 3 rings (SSSR count). The molecular formula is C22H11F13. The molecule has 0 bridgehead atoms. The van der Waals surface area contributed by atoms with Gasteiger partial charge in [0.25, 0.3) is 0 Å². The Morgan fingerprint density at radius 3 is 1.77 bits per heavy atom. The molecule has 0 nitrogen and oxygen atoms in total. The molecule has 0 radical (unpaired) electrons. The highest BCUT2D eigenvalue weighted by atomic mass is 19.4. The van der Waals surface area contributed by atoms with Gasteiger partial charge in [0.05, 0.1) is 17.0 Å². The van der Waals surface area contributed by atoms with Crippen LogP contribution in [-0.2, 0) is 12.4 Å². The molecular weight excluding hydrogens is 511 g/mol. The van der Waals surface area contributed by atoms with Gasteiger partial charge in [-0.1, -0.05) is 30.3 Å². The van der Waals surface area contributed by atoms with Crippen LogP contribution in [0, 0.1) is 11.7 Å². The van der Waals surface area contributed by atoms with E-state index in [1.165, 1.54) is 0 Å². The number of hydrogen-bond acceptors (Lipinski definition) is 0. The van der Waals surface area contributed by atoms with Crippen molar-refractivity contribution in [1.29, 1.82) is 0 Å². The van der Waals surface area contributed by atoms with Crippen molar-refractivity contribution in [3.63, 3.8) is 0 Å². The van der Waals surface area contributed by atoms with Crippen molar-refractivity contribution in [2.24, 2.45) is 5.92 Å². The summed E-state index contributed by atoms with van der Waals surface area (Å²) in [5.74, 6) is -4.29. The SMILES string of the molecule is Fc1c(C2=CC(C(F)(F)F)CC(C(F)(F)F)=C2)cccc1-c1ccc(C(F)(F)F)cc1C(F)(F)F. The molecule has 0 aromatic heterocycles. The molecule has 0 aliphatic heterocycles. The first kappa shape index (κ1) is 26.6. The molecule has 1 aliphatic carbocycles. The predicted octanol–water partition coefficient (Wildman–Crippen LogP) is 8.98. The van der Waals surface area contributed by atoms with Crippen LogP contribution in [0.3, 0.4) is 0 Å². The first-order valence-corrected chi connectivity index (χ1v) is 9.44. The molecule has 35 heavy (non-hydrogen) atoms. The fourth-order valence-corrected chi connectivity index (χ4v) is 3.54. The van der Waals surface area contributed by atoms with Gasteiger partial charge in [0.15, 0.2) is 0 Å². The predicted molar refractivity (Wildman–Crippen MR) is 98.1 cm³/mol. The van der Waals surface area contributed by atoms with Crippen LogP contribution in [0.15, 0.2) is 54.1 Å². The van der Waals surface area contributed by atoms with E-state index >= 15 is 4.39 Å². The van der Waals surface area contributed by atoms with E-state index in [-0.39, 0.29) is 18.2 Å². The molecule has 0 heterocycles. The Bertz CT molecular complexity index is 1170. The summed E-state index contributed by atoms with van der Waals surface area (Å²) in [6, 6.07) is 2.66. The number of alkyl halides is 12. The minimum Gasteiger partial charge on any atom is -0.206 e. The Morgan fingerprint density at radius 2 is 1.26 bits per heavy atom. The molecule has 0 saturated heterocycles. The second kappa shape index (κ2) is 8.59. The molecule has 0 N–H and O–H groups in total. The Hall–Kier alpha value is -2.99. The molecule has 190 valence electrons. The summed E-state index contributed by atoms with van der Waals surface area (Å²) < 4.78 is 174. The zero-order valence-electron chi connectivity index (χ0n) is 16.8. The Labute approximate surface area is 188 Å². The Balaban J connectivity index is 2.23. The highest BCUT2D eigenvalue weighted by molar-refractivity contribution is 5.81. The van der Waals surface area contributed by atoms with Gasteiger partial charge >= 0.3 is 24.7 Å². The van der Waals surface area contributed by atoms with Crippen LogP contribution < -0.4 is 0 Å². The highest BCUT2D eigenvalue weighted by Crippen LogP contribution is 2.46. The number of rotatable bonds is 2. The summed E-state index contributed by atoms with van der Waals surface area (Å²) in [6.07, 6.45) is -21.8. The second-order valence-electron chi connectivity index (χ2n) is 7.56. The average molecular weight is 522 g/mol. The third-order valence-corrected chi connectivity index (χ3v) is 5.19. The van der Waals surface area contributed by atoms with Gasteiger partial charge in [0.1, 0.15) is 5.82 Å². The van der Waals surface area contributed by atoms with E-state index in [9.17, 15) is 52.7 Å². The lowest BCUT2D eigenvalue weighted by molar-refractivity contribution is -0.165. The van der Waals surface area contributed by atoms with E-state index < -0.39 is 81.8 Å². The lowest BCUT2D eigenvalue weighted by Gasteiger charge is -2.25. The molecule has 1 unspecified atom stereocenters. The van der Waals surface area contributed by atoms with E-state index in [1.807, 2.05) is 0 Å². The van der Waals surface area contributed by atoms with Crippen molar-refractivity contribution in [3.05, 3.63) is 76.6 Å². The van der Waals surface area contributed by atoms with Gasteiger partial charge < -0.3 is 0 Å². The molecule has 13 heteroatoms. The molecule has 2 aromatic carbocycles. The van der Waals surface area contributed by atoms with Crippen molar-refractivity contribution in [1.82, 2.24) is 0 Å². The average Bonchev–Trinajstić information content (AvgIpc) is 2.70. The van der Waals surface area contributed by atoms with Crippen LogP contribution in [0.25, 0.3) is 16.7 Å². The van der Waals surface area contributed by atoms with E-state index in [1.54, 1.807) is 0 Å². The van der Waals surface area contributed by atoms with Crippen LogP contribution >= 0.6 is 0 Å². The maximum absolute atomic E-state index is 15.3. The van der Waals surface area contributed by atoms with Gasteiger partial charge in [-0.25, -0.2) is 4.39 Å². The zero-order chi connectivity index (χ0) is 26.6. The van der Waals surface area contributed by atoms with Crippen molar-refractivity contribution < 1.29 is 57.1 Å². The van der Waals surface area contributed by atoms with Crippen molar-refractivity contribution in [2.75, 3.05) is 0 Å². The molecule has 2 aromatic rings. The zero-order valence-corrected chi connectivity index (χ0v) is 16.8. The summed E-state index contributed by atoms with van der Waals surface area (Å²) in [4.78, 5) is 0. The number of hydrogen-bond donors (Lipinski definition) is 0. The molecule has 0 fully saturated rings. The van der Waals surface area contributed by atoms with Crippen LogP contribution in [0.4, 0.5) is 57.1 Å². The van der Waals surface area contributed by atoms with Crippen LogP contribution in [0.5, 0.6) is 0 Å². The minimum atomic E-state index is -5.39. The number of halogens is 13. The second-order valence-corrected chi connectivity index (χ2v) is 7.56. The van der Waals surface area contributed by atoms with E-state index in [0.717, 1.165) is 18.2 Å². The van der Waals surface area contributed by atoms with Gasteiger partial charge in [0, 0.05) is 16.7 Å². The summed E-state index contributed by atoms with van der Waals surface area (Å²) in [5, 5.41) is 0. The van der Waals surface area contributed by atoms with E-state index in [0.29, 0.717) is 12.1 Å². The smallest absolute Gasteiger partial charge is 0.206 e. The Morgan fingerprint density at radius 1 is 0.657 bits per heavy atom. The molecule has 0 spiro atoms. The first-order valence-electron chi connectivity index (χ1n) is 9.44. The van der Waals surface area contributed by atoms with Gasteiger partial charge in [-0.05, 0) is 35.8 Å². The number of benzene rings is 2. The van der Waals surface area contributed by atoms with Crippen LogP contribution in [0.2, 0.25) is 0 Å². The fraction of sp³-hybridized carbons (Fsp3) is 0.273. The third-order valence-electron chi connectivity index (χ3n) is 5.19. The maximum atomic E-state index is 15.3. The monoisotopic (exact) mass is 522 g/mol. The molecule has 0 saturated carbocycles. The minimum absolute atomic E-state index is 0.248. The van der Waals surface area contributed by atoms with Gasteiger partial charge in [0.2, 0.25) is 0 Å². The van der Waals surface area contributed by atoms with Crippen molar-refractivity contribution in [2.45, 2.75) is 31.1 Å². The van der Waals surface area contributed by atoms with Gasteiger partial charge in [-0.2, -0.15) is 52.7 Å². The largest absolute Gasteiger partial charge is 0.417 e. The quantitative estimate of drug-likeness (QED) is 0.346. The standard InChI is InChI=1S/C22H11F13/c23-18-14(10-6-12(20(27,28)29)8-13(7-10)21(30,31)32)2-1-3-16(18)15-5-4-11(19(24,25)26)9-17(15)22(33,34)35/h1-7,9,12H,8H2. The normalized spacial score (nSPS) is 17.8. The summed E-state index contributed by atoms with van der Waals surface area (Å²) >= 11 is 0. The molecule has 1 atom stereocenters. The van der Waals surface area contributed by atoms with Crippen molar-refractivity contribution >= 4 is 5.57 Å². The maximum Gasteiger partial charge on any atom is 0.417 e. The lowest BCUT2D eigenvalue weighted by Crippen LogP contribution is -2.27. The molecule has 1 aliphatic rings. The Kier molecular flexibility index (Phi) is 6.53. The summed E-state index contributed by atoms with van der Waals surface area (Å²) in [7, 11) is 0. The first-order chi connectivity index (χ1) is 15.8. The van der Waals surface area contributed by atoms with Crippen molar-refractivity contribution in [3.8, 4) is 11.1 Å². The lowest BCUT2D eigenvalue weighted by atomic mass is 9.85. The van der Waals surface area contributed by atoms with Gasteiger partial charge in [-0.15, -0.1) is 0 Å².